The maximum absolute atomic E-state index is 11.0. The van der Waals surface area contributed by atoms with Gasteiger partial charge in [-0.1, -0.05) is 18.7 Å². The van der Waals surface area contributed by atoms with Crippen molar-refractivity contribution in [3.8, 4) is 0 Å². The third-order valence-corrected chi connectivity index (χ3v) is 1.62. The highest BCUT2D eigenvalue weighted by atomic mass is 16.2. The summed E-state index contributed by atoms with van der Waals surface area (Å²) < 4.78 is 0. The summed E-state index contributed by atoms with van der Waals surface area (Å²) >= 11 is 0. The molecule has 1 rings (SSSR count). The van der Waals surface area contributed by atoms with E-state index in [1.807, 2.05) is 0 Å². The van der Waals surface area contributed by atoms with Crippen LogP contribution < -0.4 is 5.32 Å². The van der Waals surface area contributed by atoms with Gasteiger partial charge < -0.3 is 0 Å². The van der Waals surface area contributed by atoms with Crippen LogP contribution in [0.25, 0.3) is 0 Å². The van der Waals surface area contributed by atoms with Crippen LogP contribution in [0.3, 0.4) is 0 Å². The number of carbonyl (C=O) groups excluding carboxylic acids is 2. The summed E-state index contributed by atoms with van der Waals surface area (Å²) in [5.74, 6) is -0.653. The second kappa shape index (κ2) is 3.17. The first-order valence-corrected chi connectivity index (χ1v) is 3.52. The molecule has 0 atom stereocenters. The van der Waals surface area contributed by atoms with Gasteiger partial charge >= 0.3 is 0 Å². The van der Waals surface area contributed by atoms with Crippen LogP contribution in [0.1, 0.15) is 6.92 Å². The van der Waals surface area contributed by atoms with Gasteiger partial charge in [-0.15, -0.1) is 0 Å². The number of carbonyl (C=O) groups is 2. The van der Waals surface area contributed by atoms with Gasteiger partial charge in [0.15, 0.2) is 0 Å². The Balaban J connectivity index is 3.00. The molecule has 0 aromatic rings. The number of amides is 2. The lowest BCUT2D eigenvalue weighted by atomic mass is 10.1. The monoisotopic (exact) mass is 163 g/mol. The number of hydrogen-bond donors (Lipinski definition) is 1. The number of imide groups is 1. The zero-order chi connectivity index (χ0) is 9.14. The van der Waals surface area contributed by atoms with Crippen molar-refractivity contribution < 1.29 is 9.59 Å². The summed E-state index contributed by atoms with van der Waals surface area (Å²) in [6.07, 6.45) is 4.75. The largest absolute Gasteiger partial charge is 0.288 e. The normalized spacial score (nSPS) is 17.4. The Morgan fingerprint density at radius 1 is 1.33 bits per heavy atom. The molecule has 0 bridgehead atoms. The van der Waals surface area contributed by atoms with Gasteiger partial charge in [-0.3, -0.25) is 14.9 Å². The maximum atomic E-state index is 11.0. The fourth-order valence-electron chi connectivity index (χ4n) is 0.922. The first-order chi connectivity index (χ1) is 5.66. The summed E-state index contributed by atoms with van der Waals surface area (Å²) in [6, 6.07) is 0. The molecule has 1 aliphatic heterocycles. The van der Waals surface area contributed by atoms with E-state index in [4.69, 9.17) is 0 Å². The van der Waals surface area contributed by atoms with Crippen LogP contribution in [-0.4, -0.2) is 11.8 Å². The predicted octanol–water partition coefficient (Wildman–Crippen LogP) is 0.701. The Hall–Kier alpha value is -1.64. The van der Waals surface area contributed by atoms with E-state index in [2.05, 4.69) is 11.9 Å². The molecular weight excluding hydrogens is 154 g/mol. The van der Waals surface area contributed by atoms with Crippen LogP contribution in [0.4, 0.5) is 0 Å². The Morgan fingerprint density at radius 3 is 2.42 bits per heavy atom. The summed E-state index contributed by atoms with van der Waals surface area (Å²) in [5.41, 5.74) is 0.873. The zero-order valence-corrected chi connectivity index (χ0v) is 6.76. The molecule has 0 aliphatic carbocycles. The van der Waals surface area contributed by atoms with Crippen molar-refractivity contribution in [2.75, 3.05) is 0 Å². The van der Waals surface area contributed by atoms with Crippen molar-refractivity contribution in [1.29, 1.82) is 0 Å². The van der Waals surface area contributed by atoms with Crippen molar-refractivity contribution >= 4 is 11.8 Å². The zero-order valence-electron chi connectivity index (χ0n) is 6.76. The number of rotatable bonds is 2. The highest BCUT2D eigenvalue weighted by molar-refractivity contribution is 6.20. The average Bonchev–Trinajstić information content (AvgIpc) is 2.25. The van der Waals surface area contributed by atoms with Gasteiger partial charge in [-0.25, -0.2) is 0 Å². The fraction of sp³-hybridized carbons (Fsp3) is 0.111. The molecule has 0 unspecified atom stereocenters. The summed E-state index contributed by atoms with van der Waals surface area (Å²) in [5, 5.41) is 2.19. The van der Waals surface area contributed by atoms with E-state index in [9.17, 15) is 9.59 Å². The van der Waals surface area contributed by atoms with Crippen molar-refractivity contribution in [2.24, 2.45) is 0 Å². The molecule has 3 nitrogen and oxygen atoms in total. The van der Waals surface area contributed by atoms with Gasteiger partial charge in [-0.2, -0.15) is 0 Å². The standard InChI is InChI=1S/C9H9NO2/c1-3-4-5-7-6(2)8(11)10-9(7)12/h3-5H,1H2,2H3,(H,10,11,12)/b5-4-. The van der Waals surface area contributed by atoms with Crippen LogP contribution >= 0.6 is 0 Å². The summed E-state index contributed by atoms with van der Waals surface area (Å²) in [6.45, 7) is 5.08. The molecule has 0 spiro atoms. The highest BCUT2D eigenvalue weighted by Gasteiger charge is 2.24. The highest BCUT2D eigenvalue weighted by Crippen LogP contribution is 2.12. The van der Waals surface area contributed by atoms with Crippen molar-refractivity contribution in [3.05, 3.63) is 36.0 Å². The molecule has 0 aromatic heterocycles. The Morgan fingerprint density at radius 2 is 2.00 bits per heavy atom. The first kappa shape index (κ1) is 8.46. The van der Waals surface area contributed by atoms with Gasteiger partial charge in [-0.05, 0) is 13.0 Å². The van der Waals surface area contributed by atoms with Crippen molar-refractivity contribution in [1.82, 2.24) is 5.32 Å². The van der Waals surface area contributed by atoms with Gasteiger partial charge in [0.2, 0.25) is 0 Å². The van der Waals surface area contributed by atoms with Crippen molar-refractivity contribution in [2.45, 2.75) is 6.92 Å². The molecule has 1 aliphatic rings. The Bertz CT molecular complexity index is 310. The maximum Gasteiger partial charge on any atom is 0.258 e. The molecule has 12 heavy (non-hydrogen) atoms. The molecule has 0 saturated carbocycles. The van der Waals surface area contributed by atoms with Gasteiger partial charge in [0.1, 0.15) is 0 Å². The van der Waals surface area contributed by atoms with Gasteiger partial charge in [0, 0.05) is 11.1 Å². The van der Waals surface area contributed by atoms with Crippen LogP contribution in [0, 0.1) is 0 Å². The molecule has 0 radical (unpaired) electrons. The fourth-order valence-corrected chi connectivity index (χ4v) is 0.922. The smallest absolute Gasteiger partial charge is 0.258 e. The number of allylic oxidation sites excluding steroid dienone is 2. The SMILES string of the molecule is C=C/C=C\C1=C(C)C(=O)NC1=O. The van der Waals surface area contributed by atoms with E-state index in [1.54, 1.807) is 25.2 Å². The molecule has 1 heterocycles. The van der Waals surface area contributed by atoms with E-state index in [0.717, 1.165) is 0 Å². The molecule has 3 heteroatoms. The lowest BCUT2D eigenvalue weighted by Crippen LogP contribution is -2.22. The lowest BCUT2D eigenvalue weighted by molar-refractivity contribution is -0.124. The lowest BCUT2D eigenvalue weighted by Gasteiger charge is -1.87. The minimum absolute atomic E-state index is 0.316. The van der Waals surface area contributed by atoms with Gasteiger partial charge in [0.05, 0.1) is 0 Å². The van der Waals surface area contributed by atoms with E-state index >= 15 is 0 Å². The predicted molar refractivity (Wildman–Crippen MR) is 45.2 cm³/mol. The van der Waals surface area contributed by atoms with E-state index < -0.39 is 0 Å². The molecular formula is C9H9NO2. The summed E-state index contributed by atoms with van der Waals surface area (Å²) in [7, 11) is 0. The quantitative estimate of drug-likeness (QED) is 0.481. The molecule has 2 amide bonds. The number of nitrogens with one attached hydrogen (secondary N) is 1. The first-order valence-electron chi connectivity index (χ1n) is 3.52. The minimum atomic E-state index is -0.337. The molecule has 0 fully saturated rings. The molecule has 0 aromatic carbocycles. The molecule has 1 N–H and O–H groups in total. The van der Waals surface area contributed by atoms with Crippen molar-refractivity contribution in [3.63, 3.8) is 0 Å². The minimum Gasteiger partial charge on any atom is -0.288 e. The second-order valence-electron chi connectivity index (χ2n) is 2.42. The van der Waals surface area contributed by atoms with Crippen LogP contribution in [0.15, 0.2) is 36.0 Å². The third-order valence-electron chi connectivity index (χ3n) is 1.62. The Kier molecular flexibility index (Phi) is 2.24. The van der Waals surface area contributed by atoms with E-state index in [0.29, 0.717) is 11.1 Å². The van der Waals surface area contributed by atoms with Gasteiger partial charge in [0.25, 0.3) is 11.8 Å². The average molecular weight is 163 g/mol. The van der Waals surface area contributed by atoms with Crippen LogP contribution in [-0.2, 0) is 9.59 Å². The van der Waals surface area contributed by atoms with Crippen LogP contribution in [0.2, 0.25) is 0 Å². The third kappa shape index (κ3) is 1.34. The van der Waals surface area contributed by atoms with Crippen LogP contribution in [0.5, 0.6) is 0 Å². The second-order valence-corrected chi connectivity index (χ2v) is 2.42. The topological polar surface area (TPSA) is 46.2 Å². The Labute approximate surface area is 70.5 Å². The molecule has 62 valence electrons. The van der Waals surface area contributed by atoms with E-state index in [-0.39, 0.29) is 11.8 Å². The van der Waals surface area contributed by atoms with E-state index in [1.165, 1.54) is 0 Å². The number of hydrogen-bond acceptors (Lipinski definition) is 2. The summed E-state index contributed by atoms with van der Waals surface area (Å²) in [4.78, 5) is 21.9. The molecule has 0 saturated heterocycles.